The van der Waals surface area contributed by atoms with Gasteiger partial charge in [0, 0.05) is 37.3 Å². The molecule has 1 unspecified atom stereocenters. The first-order valence-corrected chi connectivity index (χ1v) is 10.4. The fourth-order valence-electron chi connectivity index (χ4n) is 3.98. The Kier molecular flexibility index (Phi) is 7.21. The Hall–Kier alpha value is -3.01. The highest BCUT2D eigenvalue weighted by atomic mass is 35.5. The van der Waals surface area contributed by atoms with Crippen LogP contribution in [0.1, 0.15) is 24.5 Å². The van der Waals surface area contributed by atoms with Crippen molar-refractivity contribution in [3.63, 3.8) is 0 Å². The quantitative estimate of drug-likeness (QED) is 0.672. The van der Waals surface area contributed by atoms with E-state index in [1.54, 1.807) is 26.4 Å². The minimum Gasteiger partial charge on any atom is -0.497 e. The summed E-state index contributed by atoms with van der Waals surface area (Å²) in [6.07, 6.45) is 0.290. The molecule has 0 fully saturated rings. The van der Waals surface area contributed by atoms with Gasteiger partial charge in [-0.2, -0.15) is 5.26 Å². The van der Waals surface area contributed by atoms with E-state index in [1.807, 2.05) is 48.2 Å². The van der Waals surface area contributed by atoms with Crippen LogP contribution in [0.5, 0.6) is 5.75 Å². The lowest BCUT2D eigenvalue weighted by Gasteiger charge is -2.40. The minimum absolute atomic E-state index is 0.173. The molecule has 3 rings (SSSR count). The summed E-state index contributed by atoms with van der Waals surface area (Å²) in [5.74, 6) is 0.528. The third-order valence-corrected chi connectivity index (χ3v) is 5.95. The third-order valence-electron chi connectivity index (χ3n) is 5.70. The summed E-state index contributed by atoms with van der Waals surface area (Å²) in [7, 11) is 3.22. The first kappa shape index (κ1) is 22.7. The maximum absolute atomic E-state index is 13.8. The molecule has 0 saturated carbocycles. The summed E-state index contributed by atoms with van der Waals surface area (Å²) < 4.78 is 10.6. The van der Waals surface area contributed by atoms with Crippen molar-refractivity contribution in [2.24, 2.45) is 0 Å². The fraction of sp³-hybridized carbons (Fsp3) is 0.333. The van der Waals surface area contributed by atoms with E-state index in [-0.39, 0.29) is 12.3 Å². The molecule has 2 aromatic carbocycles. The lowest BCUT2D eigenvalue weighted by Crippen LogP contribution is -2.54. The number of rotatable bonds is 8. The van der Waals surface area contributed by atoms with Gasteiger partial charge in [0.15, 0.2) is 0 Å². The lowest BCUT2D eigenvalue weighted by molar-refractivity contribution is -0.132. The van der Waals surface area contributed by atoms with Crippen molar-refractivity contribution >= 4 is 17.5 Å². The molecule has 1 amide bonds. The predicted octanol–water partition coefficient (Wildman–Crippen LogP) is 4.01. The van der Waals surface area contributed by atoms with Gasteiger partial charge in [0.1, 0.15) is 11.3 Å². The highest BCUT2D eigenvalue weighted by Gasteiger charge is 2.51. The summed E-state index contributed by atoms with van der Waals surface area (Å²) in [6, 6.07) is 17.1. The van der Waals surface area contributed by atoms with Gasteiger partial charge in [-0.25, -0.2) is 0 Å². The second-order valence-electron chi connectivity index (χ2n) is 7.39. The maximum atomic E-state index is 13.8. The molecule has 1 N–H and O–H groups in total. The number of halogens is 1. The number of nitriles is 1. The van der Waals surface area contributed by atoms with Crippen molar-refractivity contribution in [2.45, 2.75) is 25.4 Å². The number of hydrogen-bond donors (Lipinski definition) is 1. The molecule has 1 aliphatic rings. The molecule has 2 aromatic rings. The number of benzene rings is 2. The standard InChI is InChI=1S/C24H26ClN3O3/c1-17-19(15-26)14-24(28(17)12-13-30-2,20-6-10-22(31-3)11-7-20)23(29)27-16-18-4-8-21(25)9-5-18/h4-11H,12-14,16H2,1-3H3,(H,27,29). The minimum atomic E-state index is -1.05. The van der Waals surface area contributed by atoms with E-state index in [0.29, 0.717) is 36.0 Å². The topological polar surface area (TPSA) is 74.6 Å². The molecule has 31 heavy (non-hydrogen) atoms. The fourth-order valence-corrected chi connectivity index (χ4v) is 4.11. The normalized spacial score (nSPS) is 18.1. The number of carbonyl (C=O) groups is 1. The van der Waals surface area contributed by atoms with E-state index < -0.39 is 5.54 Å². The second-order valence-corrected chi connectivity index (χ2v) is 7.83. The van der Waals surface area contributed by atoms with Gasteiger partial charge in [-0.05, 0) is 42.3 Å². The van der Waals surface area contributed by atoms with Crippen molar-refractivity contribution in [3.05, 3.63) is 76.0 Å². The van der Waals surface area contributed by atoms with Crippen LogP contribution in [-0.4, -0.2) is 38.2 Å². The van der Waals surface area contributed by atoms with Crippen LogP contribution in [-0.2, 0) is 21.6 Å². The molecule has 1 aliphatic heterocycles. The van der Waals surface area contributed by atoms with E-state index in [1.165, 1.54) is 0 Å². The Balaban J connectivity index is 1.99. The molecule has 0 aromatic heterocycles. The number of ether oxygens (including phenoxy) is 2. The summed E-state index contributed by atoms with van der Waals surface area (Å²) in [5, 5.41) is 13.4. The Morgan fingerprint density at radius 2 is 1.87 bits per heavy atom. The summed E-state index contributed by atoms with van der Waals surface area (Å²) in [4.78, 5) is 15.7. The van der Waals surface area contributed by atoms with Crippen LogP contribution in [0.3, 0.4) is 0 Å². The summed E-state index contributed by atoms with van der Waals surface area (Å²) in [6.45, 7) is 3.14. The van der Waals surface area contributed by atoms with Crippen LogP contribution >= 0.6 is 11.6 Å². The zero-order valence-electron chi connectivity index (χ0n) is 17.9. The number of nitrogens with zero attached hydrogens (tertiary/aromatic N) is 2. The molecule has 0 spiro atoms. The summed E-state index contributed by atoms with van der Waals surface area (Å²) in [5.41, 5.74) is 2.06. The third kappa shape index (κ3) is 4.53. The Morgan fingerprint density at radius 3 is 2.45 bits per heavy atom. The van der Waals surface area contributed by atoms with Crippen LogP contribution in [0.2, 0.25) is 5.02 Å². The predicted molar refractivity (Wildman–Crippen MR) is 119 cm³/mol. The number of nitrogens with one attached hydrogen (secondary N) is 1. The van der Waals surface area contributed by atoms with Crippen molar-refractivity contribution in [1.82, 2.24) is 10.2 Å². The maximum Gasteiger partial charge on any atom is 0.251 e. The molecule has 0 saturated heterocycles. The molecular weight excluding hydrogens is 414 g/mol. The molecule has 0 radical (unpaired) electrons. The number of hydrogen-bond acceptors (Lipinski definition) is 5. The van der Waals surface area contributed by atoms with Gasteiger partial charge >= 0.3 is 0 Å². The first-order valence-electron chi connectivity index (χ1n) is 10.00. The SMILES string of the molecule is COCCN1C(C)=C(C#N)CC1(C(=O)NCc1ccc(Cl)cc1)c1ccc(OC)cc1. The van der Waals surface area contributed by atoms with Crippen LogP contribution in [0.4, 0.5) is 0 Å². The van der Waals surface area contributed by atoms with Crippen LogP contribution in [0.15, 0.2) is 59.8 Å². The second kappa shape index (κ2) is 9.86. The molecule has 6 nitrogen and oxygen atoms in total. The van der Waals surface area contributed by atoms with E-state index in [9.17, 15) is 10.1 Å². The largest absolute Gasteiger partial charge is 0.497 e. The highest BCUT2D eigenvalue weighted by molar-refractivity contribution is 6.30. The number of amides is 1. The van der Waals surface area contributed by atoms with E-state index in [4.69, 9.17) is 21.1 Å². The molecule has 162 valence electrons. The van der Waals surface area contributed by atoms with Crippen LogP contribution in [0.25, 0.3) is 0 Å². The van der Waals surface area contributed by atoms with E-state index in [2.05, 4.69) is 11.4 Å². The number of methoxy groups -OCH3 is 2. The van der Waals surface area contributed by atoms with Gasteiger partial charge in [-0.1, -0.05) is 35.9 Å². The summed E-state index contributed by atoms with van der Waals surface area (Å²) >= 11 is 5.97. The van der Waals surface area contributed by atoms with Gasteiger partial charge < -0.3 is 19.7 Å². The number of allylic oxidation sites excluding steroid dienone is 1. The first-order chi connectivity index (χ1) is 15.0. The van der Waals surface area contributed by atoms with Crippen molar-refractivity contribution in [2.75, 3.05) is 27.4 Å². The zero-order chi connectivity index (χ0) is 22.4. The molecule has 1 heterocycles. The lowest BCUT2D eigenvalue weighted by atomic mass is 9.84. The van der Waals surface area contributed by atoms with Crippen LogP contribution < -0.4 is 10.1 Å². The molecular formula is C24H26ClN3O3. The van der Waals surface area contributed by atoms with Gasteiger partial charge in [-0.3, -0.25) is 4.79 Å². The molecule has 1 atom stereocenters. The zero-order valence-corrected chi connectivity index (χ0v) is 18.7. The Bertz CT molecular complexity index is 996. The van der Waals surface area contributed by atoms with Crippen molar-refractivity contribution in [1.29, 1.82) is 5.26 Å². The van der Waals surface area contributed by atoms with E-state index in [0.717, 1.165) is 16.8 Å². The average Bonchev–Trinajstić information content (AvgIpc) is 3.09. The Morgan fingerprint density at radius 1 is 1.19 bits per heavy atom. The van der Waals surface area contributed by atoms with Crippen molar-refractivity contribution in [3.8, 4) is 11.8 Å². The molecule has 0 bridgehead atoms. The van der Waals surface area contributed by atoms with Crippen LogP contribution in [0, 0.1) is 11.3 Å². The monoisotopic (exact) mass is 439 g/mol. The molecule has 0 aliphatic carbocycles. The van der Waals surface area contributed by atoms with Gasteiger partial charge in [-0.15, -0.1) is 0 Å². The average molecular weight is 440 g/mol. The van der Waals surface area contributed by atoms with Gasteiger partial charge in [0.2, 0.25) is 0 Å². The smallest absolute Gasteiger partial charge is 0.251 e. The number of carbonyl (C=O) groups excluding carboxylic acids is 1. The Labute approximate surface area is 188 Å². The van der Waals surface area contributed by atoms with Gasteiger partial charge in [0.05, 0.1) is 25.4 Å². The van der Waals surface area contributed by atoms with Crippen molar-refractivity contribution < 1.29 is 14.3 Å². The highest BCUT2D eigenvalue weighted by Crippen LogP contribution is 2.45. The molecule has 7 heteroatoms. The van der Waals surface area contributed by atoms with E-state index >= 15 is 0 Å². The van der Waals surface area contributed by atoms with Gasteiger partial charge in [0.25, 0.3) is 5.91 Å².